The van der Waals surface area contributed by atoms with E-state index in [0.717, 1.165) is 5.56 Å². The predicted octanol–water partition coefficient (Wildman–Crippen LogP) is 2.21. The van der Waals surface area contributed by atoms with Gasteiger partial charge in [0.2, 0.25) is 0 Å². The van der Waals surface area contributed by atoms with Crippen molar-refractivity contribution in [3.05, 3.63) is 57.5 Å². The van der Waals surface area contributed by atoms with Gasteiger partial charge in [0.15, 0.2) is 0 Å². The van der Waals surface area contributed by atoms with Crippen molar-refractivity contribution in [1.82, 2.24) is 4.98 Å². The lowest BCUT2D eigenvalue weighted by Crippen LogP contribution is -2.21. The highest BCUT2D eigenvalue weighted by Gasteiger charge is 2.07. The Labute approximate surface area is 125 Å². The van der Waals surface area contributed by atoms with Gasteiger partial charge in [-0.15, -0.1) is 0 Å². The van der Waals surface area contributed by atoms with E-state index < -0.39 is 11.6 Å². The van der Waals surface area contributed by atoms with Crippen LogP contribution in [-0.4, -0.2) is 22.7 Å². The number of aromatic amines is 1. The van der Waals surface area contributed by atoms with Crippen LogP contribution in [0.3, 0.4) is 0 Å². The number of aromatic nitrogens is 1. The predicted molar refractivity (Wildman–Crippen MR) is 81.9 cm³/mol. The summed E-state index contributed by atoms with van der Waals surface area (Å²) in [4.78, 5) is 25.5. The van der Waals surface area contributed by atoms with Crippen molar-refractivity contribution in [2.24, 2.45) is 0 Å². The molecule has 0 radical (unpaired) electrons. The second-order valence-electron chi connectivity index (χ2n) is 4.29. The molecule has 0 aliphatic heterocycles. The van der Waals surface area contributed by atoms with Gasteiger partial charge in [0, 0.05) is 18.4 Å². The molecule has 0 spiro atoms. The highest BCUT2D eigenvalue weighted by molar-refractivity contribution is 6.29. The third kappa shape index (κ3) is 4.34. The van der Waals surface area contributed by atoms with Gasteiger partial charge in [0.25, 0.3) is 5.56 Å². The van der Waals surface area contributed by atoms with E-state index in [4.69, 9.17) is 16.7 Å². The summed E-state index contributed by atoms with van der Waals surface area (Å²) in [5.74, 6) is 0. The lowest BCUT2D eigenvalue weighted by Gasteiger charge is -2.11. The zero-order valence-electron chi connectivity index (χ0n) is 11.0. The van der Waals surface area contributed by atoms with Gasteiger partial charge in [-0.1, -0.05) is 29.8 Å². The summed E-state index contributed by atoms with van der Waals surface area (Å²) in [5, 5.41) is 14.3. The molecule has 1 heterocycles. The molecule has 1 aromatic carbocycles. The van der Waals surface area contributed by atoms with Crippen LogP contribution >= 0.6 is 11.6 Å². The molecule has 0 unspecified atom stereocenters. The number of rotatable bonds is 4. The Kier molecular flexibility index (Phi) is 4.97. The molecule has 0 aliphatic rings. The second-order valence-corrected chi connectivity index (χ2v) is 4.70. The Bertz CT molecular complexity index is 700. The van der Waals surface area contributed by atoms with Gasteiger partial charge >= 0.3 is 6.03 Å². The molecule has 6 nitrogen and oxygen atoms in total. The Hall–Kier alpha value is -2.31. The van der Waals surface area contributed by atoms with E-state index in [1.54, 1.807) is 12.1 Å². The van der Waals surface area contributed by atoms with Gasteiger partial charge < -0.3 is 20.7 Å². The third-order valence-electron chi connectivity index (χ3n) is 2.72. The molecular weight excluding hydrogens is 294 g/mol. The number of halogens is 1. The first-order chi connectivity index (χ1) is 10.1. The molecule has 0 saturated carbocycles. The SMILES string of the molecule is O=C(Nc1cc(Cl)[nH]c(=O)c1)Nc1ccccc1CCO. The molecule has 4 N–H and O–H groups in total. The van der Waals surface area contributed by atoms with Crippen LogP contribution in [0.15, 0.2) is 41.2 Å². The van der Waals surface area contributed by atoms with Crippen molar-refractivity contribution in [1.29, 1.82) is 0 Å². The van der Waals surface area contributed by atoms with E-state index in [0.29, 0.717) is 17.8 Å². The largest absolute Gasteiger partial charge is 0.396 e. The molecule has 21 heavy (non-hydrogen) atoms. The fourth-order valence-electron chi connectivity index (χ4n) is 1.85. The summed E-state index contributed by atoms with van der Waals surface area (Å²) in [7, 11) is 0. The molecule has 0 atom stereocenters. The minimum absolute atomic E-state index is 0.00994. The molecule has 2 aromatic rings. The number of carbonyl (C=O) groups excluding carboxylic acids is 1. The van der Waals surface area contributed by atoms with Crippen molar-refractivity contribution >= 4 is 29.0 Å². The summed E-state index contributed by atoms with van der Waals surface area (Å²) in [5.41, 5.74) is 1.30. The van der Waals surface area contributed by atoms with E-state index in [-0.39, 0.29) is 11.8 Å². The van der Waals surface area contributed by atoms with Crippen molar-refractivity contribution in [3.63, 3.8) is 0 Å². The fraction of sp³-hybridized carbons (Fsp3) is 0.143. The average molecular weight is 308 g/mol. The van der Waals surface area contributed by atoms with Crippen LogP contribution in [0.2, 0.25) is 5.15 Å². The molecule has 7 heteroatoms. The van der Waals surface area contributed by atoms with Gasteiger partial charge in [-0.25, -0.2) is 4.79 Å². The Morgan fingerprint density at radius 3 is 2.71 bits per heavy atom. The molecule has 0 fully saturated rings. The number of pyridine rings is 1. The number of aliphatic hydroxyl groups excluding tert-OH is 1. The monoisotopic (exact) mass is 307 g/mol. The first-order valence-corrected chi connectivity index (χ1v) is 6.63. The van der Waals surface area contributed by atoms with Crippen LogP contribution in [-0.2, 0) is 6.42 Å². The van der Waals surface area contributed by atoms with Crippen LogP contribution < -0.4 is 16.2 Å². The minimum Gasteiger partial charge on any atom is -0.396 e. The number of amides is 2. The van der Waals surface area contributed by atoms with Crippen molar-refractivity contribution in [3.8, 4) is 0 Å². The van der Waals surface area contributed by atoms with Crippen molar-refractivity contribution in [2.45, 2.75) is 6.42 Å². The molecule has 0 aliphatic carbocycles. The molecule has 1 aromatic heterocycles. The van der Waals surface area contributed by atoms with E-state index in [2.05, 4.69) is 15.6 Å². The lowest BCUT2D eigenvalue weighted by atomic mass is 10.1. The average Bonchev–Trinajstić information content (AvgIpc) is 2.40. The second kappa shape index (κ2) is 6.92. The molecule has 0 saturated heterocycles. The molecule has 2 amide bonds. The third-order valence-corrected chi connectivity index (χ3v) is 2.92. The topological polar surface area (TPSA) is 94.2 Å². The Morgan fingerprint density at radius 1 is 1.24 bits per heavy atom. The number of hydrogen-bond donors (Lipinski definition) is 4. The van der Waals surface area contributed by atoms with E-state index >= 15 is 0 Å². The number of carbonyl (C=O) groups is 1. The minimum atomic E-state index is -0.498. The highest BCUT2D eigenvalue weighted by atomic mass is 35.5. The summed E-state index contributed by atoms with van der Waals surface area (Å²) in [6, 6.07) is 9.31. The zero-order chi connectivity index (χ0) is 15.2. The zero-order valence-corrected chi connectivity index (χ0v) is 11.8. The molecule has 110 valence electrons. The smallest absolute Gasteiger partial charge is 0.323 e. The van der Waals surface area contributed by atoms with Crippen LogP contribution in [0.4, 0.5) is 16.2 Å². The number of nitrogens with one attached hydrogen (secondary N) is 3. The molecule has 2 rings (SSSR count). The fourth-order valence-corrected chi connectivity index (χ4v) is 2.06. The summed E-state index contributed by atoms with van der Waals surface area (Å²) in [6.45, 7) is -0.00994. The van der Waals surface area contributed by atoms with Gasteiger partial charge in [0.05, 0.1) is 5.69 Å². The van der Waals surface area contributed by atoms with Crippen LogP contribution in [0, 0.1) is 0 Å². The van der Waals surface area contributed by atoms with Crippen LogP contribution in [0.1, 0.15) is 5.56 Å². The Morgan fingerprint density at radius 2 is 2.00 bits per heavy atom. The normalized spacial score (nSPS) is 10.2. The van der Waals surface area contributed by atoms with Gasteiger partial charge in [-0.3, -0.25) is 4.79 Å². The number of para-hydroxylation sites is 1. The van der Waals surface area contributed by atoms with Crippen molar-refractivity contribution < 1.29 is 9.90 Å². The lowest BCUT2D eigenvalue weighted by molar-refractivity contribution is 0.262. The summed E-state index contributed by atoms with van der Waals surface area (Å²) in [6.07, 6.45) is 0.438. The maximum atomic E-state index is 11.9. The van der Waals surface area contributed by atoms with Gasteiger partial charge in [0.1, 0.15) is 5.15 Å². The summed E-state index contributed by atoms with van der Waals surface area (Å²) < 4.78 is 0. The maximum absolute atomic E-state index is 11.9. The number of hydrogen-bond acceptors (Lipinski definition) is 3. The number of urea groups is 1. The van der Waals surface area contributed by atoms with Crippen LogP contribution in [0.5, 0.6) is 0 Å². The van der Waals surface area contributed by atoms with Crippen LogP contribution in [0.25, 0.3) is 0 Å². The quantitative estimate of drug-likeness (QED) is 0.652. The van der Waals surface area contributed by atoms with E-state index in [1.165, 1.54) is 12.1 Å². The number of benzene rings is 1. The van der Waals surface area contributed by atoms with Gasteiger partial charge in [-0.05, 0) is 24.1 Å². The van der Waals surface area contributed by atoms with E-state index in [1.807, 2.05) is 12.1 Å². The molecule has 0 bridgehead atoms. The number of anilines is 2. The first kappa shape index (κ1) is 15.1. The standard InChI is InChI=1S/C14H14ClN3O3/c15-12-7-10(8-13(20)18-12)16-14(21)17-11-4-2-1-3-9(11)5-6-19/h1-4,7-8,19H,5-6H2,(H3,16,17,18,20,21). The highest BCUT2D eigenvalue weighted by Crippen LogP contribution is 2.16. The van der Waals surface area contributed by atoms with E-state index in [9.17, 15) is 9.59 Å². The number of aliphatic hydroxyl groups is 1. The number of H-pyrrole nitrogens is 1. The van der Waals surface area contributed by atoms with Crippen molar-refractivity contribution in [2.75, 3.05) is 17.2 Å². The first-order valence-electron chi connectivity index (χ1n) is 6.25. The maximum Gasteiger partial charge on any atom is 0.323 e. The summed E-state index contributed by atoms with van der Waals surface area (Å²) >= 11 is 5.71. The molecular formula is C14H14ClN3O3. The Balaban J connectivity index is 2.10. The van der Waals surface area contributed by atoms with Gasteiger partial charge in [-0.2, -0.15) is 0 Å².